The highest BCUT2D eigenvalue weighted by atomic mass is 16.7. The summed E-state index contributed by atoms with van der Waals surface area (Å²) in [4.78, 5) is 9.19. The van der Waals surface area contributed by atoms with Gasteiger partial charge in [0.1, 0.15) is 0 Å². The van der Waals surface area contributed by atoms with E-state index in [0.717, 1.165) is 25.9 Å². The summed E-state index contributed by atoms with van der Waals surface area (Å²) in [6.07, 6.45) is 7.20. The molecule has 0 amide bonds. The van der Waals surface area contributed by atoms with Crippen LogP contribution in [0.5, 0.6) is 0 Å². The van der Waals surface area contributed by atoms with Gasteiger partial charge in [-0.25, -0.2) is 0 Å². The molecule has 2 heterocycles. The molecule has 1 atom stereocenters. The van der Waals surface area contributed by atoms with Gasteiger partial charge < -0.3 is 4.84 Å². The molecule has 0 saturated carbocycles. The lowest BCUT2D eigenvalue weighted by Gasteiger charge is -2.13. The van der Waals surface area contributed by atoms with Crippen LogP contribution in [0.15, 0.2) is 16.8 Å². The maximum Gasteiger partial charge on any atom is 0.0701 e. The highest BCUT2D eigenvalue weighted by molar-refractivity contribution is 5.60. The summed E-state index contributed by atoms with van der Waals surface area (Å²) in [5, 5.41) is 0. The lowest BCUT2D eigenvalue weighted by molar-refractivity contribution is 0.0925. The second kappa shape index (κ2) is 3.15. The molecule has 60 valence electrons. The van der Waals surface area contributed by atoms with E-state index < -0.39 is 0 Å². The second-order valence-corrected chi connectivity index (χ2v) is 2.88. The number of hydrogen-bond donors (Lipinski definition) is 1. The van der Waals surface area contributed by atoms with Gasteiger partial charge in [0.25, 0.3) is 0 Å². The molecule has 1 N–H and O–H groups in total. The topological polar surface area (TPSA) is 33.6 Å². The molecule has 11 heavy (non-hydrogen) atoms. The molecule has 0 bridgehead atoms. The molecule has 0 aromatic rings. The fourth-order valence-corrected chi connectivity index (χ4v) is 1.44. The first kappa shape index (κ1) is 7.00. The summed E-state index contributed by atoms with van der Waals surface area (Å²) >= 11 is 0. The molecule has 2 rings (SSSR count). The zero-order valence-electron chi connectivity index (χ0n) is 6.42. The summed E-state index contributed by atoms with van der Waals surface area (Å²) in [7, 11) is 0. The number of aliphatic imine (C=N–C) groups is 1. The van der Waals surface area contributed by atoms with E-state index in [1.165, 1.54) is 5.57 Å². The van der Waals surface area contributed by atoms with Gasteiger partial charge in [0, 0.05) is 12.4 Å². The summed E-state index contributed by atoms with van der Waals surface area (Å²) in [5.41, 5.74) is 4.36. The quantitative estimate of drug-likeness (QED) is 0.608. The molecule has 0 spiro atoms. The average Bonchev–Trinajstić information content (AvgIpc) is 2.58. The Morgan fingerprint density at radius 1 is 1.64 bits per heavy atom. The molecule has 1 fully saturated rings. The number of hydrogen-bond acceptors (Lipinski definition) is 3. The molecule has 0 unspecified atom stereocenters. The number of rotatable bonds is 1. The van der Waals surface area contributed by atoms with Gasteiger partial charge in [0.15, 0.2) is 0 Å². The van der Waals surface area contributed by atoms with Crippen molar-refractivity contribution in [3.63, 3.8) is 0 Å². The first-order valence-corrected chi connectivity index (χ1v) is 4.05. The van der Waals surface area contributed by atoms with E-state index in [-0.39, 0.29) is 0 Å². The van der Waals surface area contributed by atoms with Gasteiger partial charge in [-0.2, -0.15) is 5.48 Å². The average molecular weight is 152 g/mol. The maximum atomic E-state index is 5.07. The van der Waals surface area contributed by atoms with E-state index in [1.54, 1.807) is 0 Å². The second-order valence-electron chi connectivity index (χ2n) is 2.88. The van der Waals surface area contributed by atoms with Crippen LogP contribution in [-0.2, 0) is 4.84 Å². The molecule has 0 aliphatic carbocycles. The molecule has 3 heteroatoms. The maximum absolute atomic E-state index is 5.07. The SMILES string of the molecule is C1=NC=C([C@@H]2CCON2)CC1. The predicted molar refractivity (Wildman–Crippen MR) is 43.3 cm³/mol. The van der Waals surface area contributed by atoms with Gasteiger partial charge in [-0.3, -0.25) is 4.99 Å². The van der Waals surface area contributed by atoms with Crippen LogP contribution in [0.2, 0.25) is 0 Å². The molecule has 3 nitrogen and oxygen atoms in total. The molecular formula is C8H12N2O. The van der Waals surface area contributed by atoms with Crippen molar-refractivity contribution < 1.29 is 4.84 Å². The molecule has 2 aliphatic heterocycles. The zero-order chi connectivity index (χ0) is 7.52. The molecule has 0 radical (unpaired) electrons. The van der Waals surface area contributed by atoms with Crippen molar-refractivity contribution in [2.75, 3.05) is 6.61 Å². The van der Waals surface area contributed by atoms with E-state index in [0.29, 0.717) is 6.04 Å². The van der Waals surface area contributed by atoms with Crippen molar-refractivity contribution in [3.05, 3.63) is 11.8 Å². The van der Waals surface area contributed by atoms with Crippen molar-refractivity contribution in [2.45, 2.75) is 25.3 Å². The van der Waals surface area contributed by atoms with Gasteiger partial charge >= 0.3 is 0 Å². The van der Waals surface area contributed by atoms with Crippen LogP contribution < -0.4 is 5.48 Å². The Bertz CT molecular complexity index is 192. The summed E-state index contributed by atoms with van der Waals surface area (Å²) in [6.45, 7) is 0.825. The Balaban J connectivity index is 2.02. The van der Waals surface area contributed by atoms with Crippen molar-refractivity contribution in [1.82, 2.24) is 5.48 Å². The Morgan fingerprint density at radius 3 is 3.27 bits per heavy atom. The largest absolute Gasteiger partial charge is 0.301 e. The fraction of sp³-hybridized carbons (Fsp3) is 0.625. The molecular weight excluding hydrogens is 140 g/mol. The fourth-order valence-electron chi connectivity index (χ4n) is 1.44. The van der Waals surface area contributed by atoms with E-state index in [9.17, 15) is 0 Å². The van der Waals surface area contributed by atoms with E-state index >= 15 is 0 Å². The predicted octanol–water partition coefficient (Wildman–Crippen LogP) is 1.03. The van der Waals surface area contributed by atoms with Crippen molar-refractivity contribution in [3.8, 4) is 0 Å². The van der Waals surface area contributed by atoms with Gasteiger partial charge in [-0.05, 0) is 24.8 Å². The first-order chi connectivity index (χ1) is 5.47. The number of hydroxylamine groups is 1. The minimum absolute atomic E-state index is 0.424. The summed E-state index contributed by atoms with van der Waals surface area (Å²) in [5.74, 6) is 0. The van der Waals surface area contributed by atoms with Crippen LogP contribution in [0, 0.1) is 0 Å². The minimum Gasteiger partial charge on any atom is -0.301 e. The molecule has 0 aromatic heterocycles. The van der Waals surface area contributed by atoms with Crippen molar-refractivity contribution in [2.24, 2.45) is 4.99 Å². The van der Waals surface area contributed by atoms with E-state index in [2.05, 4.69) is 10.5 Å². The van der Waals surface area contributed by atoms with Crippen LogP contribution in [0.25, 0.3) is 0 Å². The minimum atomic E-state index is 0.424. The first-order valence-electron chi connectivity index (χ1n) is 4.05. The van der Waals surface area contributed by atoms with E-state index in [4.69, 9.17) is 4.84 Å². The number of nitrogens with zero attached hydrogens (tertiary/aromatic N) is 1. The van der Waals surface area contributed by atoms with Gasteiger partial charge in [-0.15, -0.1) is 0 Å². The third kappa shape index (κ3) is 1.49. The van der Waals surface area contributed by atoms with E-state index in [1.807, 2.05) is 12.4 Å². The smallest absolute Gasteiger partial charge is 0.0701 e. The van der Waals surface area contributed by atoms with Gasteiger partial charge in [0.05, 0.1) is 12.6 Å². The van der Waals surface area contributed by atoms with Crippen LogP contribution >= 0.6 is 0 Å². The Hall–Kier alpha value is -0.670. The number of nitrogens with one attached hydrogen (secondary N) is 1. The normalized spacial score (nSPS) is 30.5. The summed E-state index contributed by atoms with van der Waals surface area (Å²) < 4.78 is 0. The zero-order valence-corrected chi connectivity index (χ0v) is 6.42. The lowest BCUT2D eigenvalue weighted by Crippen LogP contribution is -2.23. The van der Waals surface area contributed by atoms with Gasteiger partial charge in [0.2, 0.25) is 0 Å². The standard InChI is InChI=1S/C8H12N2O/c1-2-7(6-9-4-1)8-3-5-11-10-8/h4,6,8,10H,1-3,5H2/t8-/m0/s1. The highest BCUT2D eigenvalue weighted by Crippen LogP contribution is 2.18. The molecule has 2 aliphatic rings. The van der Waals surface area contributed by atoms with Crippen molar-refractivity contribution in [1.29, 1.82) is 0 Å². The third-order valence-electron chi connectivity index (χ3n) is 2.09. The highest BCUT2D eigenvalue weighted by Gasteiger charge is 2.19. The van der Waals surface area contributed by atoms with Crippen molar-refractivity contribution >= 4 is 6.21 Å². The summed E-state index contributed by atoms with van der Waals surface area (Å²) in [6, 6.07) is 0.424. The van der Waals surface area contributed by atoms with Gasteiger partial charge in [-0.1, -0.05) is 0 Å². The molecule has 0 aromatic carbocycles. The molecule has 1 saturated heterocycles. The Kier molecular flexibility index (Phi) is 2.01. The van der Waals surface area contributed by atoms with Crippen LogP contribution in [-0.4, -0.2) is 18.9 Å². The van der Waals surface area contributed by atoms with Crippen LogP contribution in [0.4, 0.5) is 0 Å². The van der Waals surface area contributed by atoms with Crippen LogP contribution in [0.1, 0.15) is 19.3 Å². The Morgan fingerprint density at radius 2 is 2.64 bits per heavy atom. The van der Waals surface area contributed by atoms with Crippen LogP contribution in [0.3, 0.4) is 0 Å². The monoisotopic (exact) mass is 152 g/mol. The Labute approximate surface area is 66.1 Å². The third-order valence-corrected chi connectivity index (χ3v) is 2.09. The lowest BCUT2D eigenvalue weighted by atomic mass is 10.0.